The number of aromatic nitrogens is 1. The lowest BCUT2D eigenvalue weighted by atomic mass is 10.1. The second kappa shape index (κ2) is 6.25. The van der Waals surface area contributed by atoms with Crippen molar-refractivity contribution in [1.29, 1.82) is 0 Å². The van der Waals surface area contributed by atoms with Gasteiger partial charge in [-0.25, -0.2) is 0 Å². The Kier molecular flexibility index (Phi) is 4.65. The molecule has 0 radical (unpaired) electrons. The summed E-state index contributed by atoms with van der Waals surface area (Å²) >= 11 is 0. The topological polar surface area (TPSA) is 17.0 Å². The summed E-state index contributed by atoms with van der Waals surface area (Å²) in [5.41, 5.74) is 5.62. The van der Waals surface area contributed by atoms with Gasteiger partial charge in [-0.05, 0) is 56.5 Å². The van der Waals surface area contributed by atoms with E-state index < -0.39 is 0 Å². The van der Waals surface area contributed by atoms with Gasteiger partial charge in [0.15, 0.2) is 0 Å². The average molecular weight is 258 g/mol. The van der Waals surface area contributed by atoms with Crippen molar-refractivity contribution in [2.75, 3.05) is 6.54 Å². The van der Waals surface area contributed by atoms with E-state index in [1.54, 1.807) is 0 Å². The van der Waals surface area contributed by atoms with Gasteiger partial charge in [-0.15, -0.1) is 0 Å². The highest BCUT2D eigenvalue weighted by Gasteiger charge is 2.10. The summed E-state index contributed by atoms with van der Waals surface area (Å²) in [4.78, 5) is 0. The zero-order valence-electron chi connectivity index (χ0n) is 12.7. The minimum Gasteiger partial charge on any atom is -0.345 e. The van der Waals surface area contributed by atoms with Gasteiger partial charge in [0, 0.05) is 29.7 Å². The van der Waals surface area contributed by atoms with Gasteiger partial charge in [0.05, 0.1) is 0 Å². The summed E-state index contributed by atoms with van der Waals surface area (Å²) in [6.07, 6.45) is 2.37. The Hall–Kier alpha value is -1.28. The zero-order valence-corrected chi connectivity index (χ0v) is 12.7. The van der Waals surface area contributed by atoms with E-state index in [1.807, 2.05) is 0 Å². The number of hydrogen-bond acceptors (Lipinski definition) is 1. The van der Waals surface area contributed by atoms with E-state index in [2.05, 4.69) is 55.8 Å². The van der Waals surface area contributed by atoms with Gasteiger partial charge in [-0.3, -0.25) is 0 Å². The molecule has 1 aromatic heterocycles. The standard InChI is InChI=1S/C17H26N2/c1-5-9-18-12-15-7-8-17-16(11-15)13(3)14(4)19(17)10-6-2/h7-8,11,18H,5-6,9-10,12H2,1-4H3. The molecule has 1 heterocycles. The van der Waals surface area contributed by atoms with Crippen molar-refractivity contribution in [2.45, 2.75) is 53.6 Å². The number of nitrogens with one attached hydrogen (secondary N) is 1. The number of aryl methyl sites for hydroxylation is 2. The van der Waals surface area contributed by atoms with Crippen LogP contribution < -0.4 is 5.32 Å². The Morgan fingerprint density at radius 1 is 1.11 bits per heavy atom. The van der Waals surface area contributed by atoms with Crippen molar-refractivity contribution in [2.24, 2.45) is 0 Å². The monoisotopic (exact) mass is 258 g/mol. The summed E-state index contributed by atoms with van der Waals surface area (Å²) in [5.74, 6) is 0. The Labute approximate surface area is 116 Å². The van der Waals surface area contributed by atoms with Gasteiger partial charge in [0.1, 0.15) is 0 Å². The molecule has 0 unspecified atom stereocenters. The van der Waals surface area contributed by atoms with Gasteiger partial charge in [-0.2, -0.15) is 0 Å². The molecule has 0 aliphatic carbocycles. The molecule has 19 heavy (non-hydrogen) atoms. The third-order valence-electron chi connectivity index (χ3n) is 3.91. The quantitative estimate of drug-likeness (QED) is 0.770. The highest BCUT2D eigenvalue weighted by Crippen LogP contribution is 2.26. The highest BCUT2D eigenvalue weighted by atomic mass is 15.0. The van der Waals surface area contributed by atoms with Crippen molar-refractivity contribution in [3.63, 3.8) is 0 Å². The summed E-state index contributed by atoms with van der Waals surface area (Å²) in [6, 6.07) is 6.90. The lowest BCUT2D eigenvalue weighted by molar-refractivity contribution is 0.675. The van der Waals surface area contributed by atoms with Crippen molar-refractivity contribution < 1.29 is 0 Å². The normalized spacial score (nSPS) is 11.4. The number of rotatable bonds is 6. The minimum atomic E-state index is 0.973. The third-order valence-corrected chi connectivity index (χ3v) is 3.91. The third kappa shape index (κ3) is 2.84. The van der Waals surface area contributed by atoms with Gasteiger partial charge in [0.2, 0.25) is 0 Å². The maximum absolute atomic E-state index is 3.48. The van der Waals surface area contributed by atoms with Gasteiger partial charge >= 0.3 is 0 Å². The first kappa shape index (κ1) is 14.1. The molecule has 0 fully saturated rings. The van der Waals surface area contributed by atoms with Gasteiger partial charge < -0.3 is 9.88 Å². The molecule has 0 saturated carbocycles. The number of fused-ring (bicyclic) bond motifs is 1. The molecule has 0 atom stereocenters. The molecular weight excluding hydrogens is 232 g/mol. The van der Waals surface area contributed by atoms with Gasteiger partial charge in [-0.1, -0.05) is 19.9 Å². The fourth-order valence-electron chi connectivity index (χ4n) is 2.73. The Morgan fingerprint density at radius 3 is 2.58 bits per heavy atom. The Balaban J connectivity index is 2.35. The Bertz CT molecular complexity index is 552. The molecule has 0 aliphatic rings. The van der Waals surface area contributed by atoms with Crippen molar-refractivity contribution >= 4 is 10.9 Å². The van der Waals surface area contributed by atoms with Crippen molar-refractivity contribution in [3.8, 4) is 0 Å². The maximum atomic E-state index is 3.48. The molecule has 1 N–H and O–H groups in total. The second-order valence-electron chi connectivity index (χ2n) is 5.39. The smallest absolute Gasteiger partial charge is 0.0485 e. The van der Waals surface area contributed by atoms with Crippen LogP contribution in [0, 0.1) is 13.8 Å². The molecule has 2 rings (SSSR count). The lowest BCUT2D eigenvalue weighted by Gasteiger charge is -2.07. The van der Waals surface area contributed by atoms with Crippen LogP contribution in [0.25, 0.3) is 10.9 Å². The first-order valence-electron chi connectivity index (χ1n) is 7.48. The molecule has 2 heteroatoms. The summed E-state index contributed by atoms with van der Waals surface area (Å²) in [7, 11) is 0. The SMILES string of the molecule is CCCNCc1ccc2c(c1)c(C)c(C)n2CCC. The molecule has 2 nitrogen and oxygen atoms in total. The van der Waals surface area contributed by atoms with Crippen LogP contribution >= 0.6 is 0 Å². The molecular formula is C17H26N2. The maximum Gasteiger partial charge on any atom is 0.0485 e. The molecule has 0 bridgehead atoms. The van der Waals surface area contributed by atoms with E-state index in [0.717, 1.165) is 19.6 Å². The van der Waals surface area contributed by atoms with Crippen LogP contribution in [0.4, 0.5) is 0 Å². The van der Waals surface area contributed by atoms with Crippen LogP contribution in [0.2, 0.25) is 0 Å². The molecule has 0 saturated heterocycles. The predicted octanol–water partition coefficient (Wildman–Crippen LogP) is 4.17. The minimum absolute atomic E-state index is 0.973. The van der Waals surface area contributed by atoms with Crippen LogP contribution in [0.15, 0.2) is 18.2 Å². The predicted molar refractivity (Wildman–Crippen MR) is 83.7 cm³/mol. The number of benzene rings is 1. The number of hydrogen-bond donors (Lipinski definition) is 1. The number of nitrogens with zero attached hydrogens (tertiary/aromatic N) is 1. The van der Waals surface area contributed by atoms with Crippen molar-refractivity contribution in [1.82, 2.24) is 9.88 Å². The van der Waals surface area contributed by atoms with Crippen LogP contribution in [0.3, 0.4) is 0 Å². The molecule has 0 spiro atoms. The van der Waals surface area contributed by atoms with E-state index >= 15 is 0 Å². The van der Waals surface area contributed by atoms with E-state index in [1.165, 1.54) is 40.6 Å². The van der Waals surface area contributed by atoms with Gasteiger partial charge in [0.25, 0.3) is 0 Å². The Morgan fingerprint density at radius 2 is 1.89 bits per heavy atom. The molecule has 2 aromatic rings. The highest BCUT2D eigenvalue weighted by molar-refractivity contribution is 5.86. The largest absolute Gasteiger partial charge is 0.345 e. The van der Waals surface area contributed by atoms with Crippen LogP contribution in [0.1, 0.15) is 43.5 Å². The van der Waals surface area contributed by atoms with E-state index in [0.29, 0.717) is 0 Å². The van der Waals surface area contributed by atoms with E-state index in [4.69, 9.17) is 0 Å². The van der Waals surface area contributed by atoms with E-state index in [9.17, 15) is 0 Å². The first-order valence-corrected chi connectivity index (χ1v) is 7.48. The summed E-state index contributed by atoms with van der Waals surface area (Å²) in [6.45, 7) is 12.1. The van der Waals surface area contributed by atoms with Crippen molar-refractivity contribution in [3.05, 3.63) is 35.0 Å². The zero-order chi connectivity index (χ0) is 13.8. The molecule has 0 aliphatic heterocycles. The lowest BCUT2D eigenvalue weighted by Crippen LogP contribution is -2.13. The second-order valence-corrected chi connectivity index (χ2v) is 5.39. The molecule has 0 amide bonds. The molecule has 104 valence electrons. The summed E-state index contributed by atoms with van der Waals surface area (Å²) in [5, 5.41) is 4.89. The fraction of sp³-hybridized carbons (Fsp3) is 0.529. The summed E-state index contributed by atoms with van der Waals surface area (Å²) < 4.78 is 2.45. The van der Waals surface area contributed by atoms with E-state index in [-0.39, 0.29) is 0 Å². The van der Waals surface area contributed by atoms with Crippen LogP contribution in [-0.2, 0) is 13.1 Å². The molecule has 1 aromatic carbocycles. The first-order chi connectivity index (χ1) is 9.19. The van der Waals surface area contributed by atoms with Crippen LogP contribution in [-0.4, -0.2) is 11.1 Å². The average Bonchev–Trinajstić information content (AvgIpc) is 2.65. The van der Waals surface area contributed by atoms with Crippen LogP contribution in [0.5, 0.6) is 0 Å². The fourth-order valence-corrected chi connectivity index (χ4v) is 2.73.